The molecule has 1 fully saturated rings. The number of rotatable bonds is 5. The summed E-state index contributed by atoms with van der Waals surface area (Å²) in [6.07, 6.45) is 1.27. The minimum atomic E-state index is -0.796. The van der Waals surface area contributed by atoms with Gasteiger partial charge in [0, 0.05) is 0 Å². The van der Waals surface area contributed by atoms with Crippen LogP contribution in [-0.4, -0.2) is 19.1 Å². The zero-order valence-corrected chi connectivity index (χ0v) is 9.78. The van der Waals surface area contributed by atoms with Crippen LogP contribution in [0.2, 0.25) is 0 Å². The summed E-state index contributed by atoms with van der Waals surface area (Å²) in [5.74, 6) is 0.000113. The molecule has 1 aromatic carbocycles. The summed E-state index contributed by atoms with van der Waals surface area (Å²) in [6, 6.07) is 7.68. The van der Waals surface area contributed by atoms with Gasteiger partial charge in [0.15, 0.2) is 0 Å². The lowest BCUT2D eigenvalue weighted by atomic mass is 10.1. The zero-order chi connectivity index (χ0) is 13.0. The third kappa shape index (κ3) is 2.77. The molecule has 1 aliphatic rings. The fraction of sp³-hybridized carbons (Fsp3) is 0.385. The number of benzene rings is 1. The third-order valence-electron chi connectivity index (χ3n) is 2.87. The second kappa shape index (κ2) is 5.05. The van der Waals surface area contributed by atoms with Gasteiger partial charge in [-0.15, -0.1) is 0 Å². The van der Waals surface area contributed by atoms with Gasteiger partial charge < -0.3 is 10.1 Å². The zero-order valence-electron chi connectivity index (χ0n) is 9.78. The fourth-order valence-corrected chi connectivity index (χ4v) is 1.55. The molecule has 1 amide bonds. The van der Waals surface area contributed by atoms with Gasteiger partial charge in [-0.2, -0.15) is 5.26 Å². The lowest BCUT2D eigenvalue weighted by molar-refractivity contribution is -0.124. The molecule has 0 aliphatic heterocycles. The molecule has 0 heterocycles. The van der Waals surface area contributed by atoms with Crippen molar-refractivity contribution in [1.29, 1.82) is 5.26 Å². The summed E-state index contributed by atoms with van der Waals surface area (Å²) in [5, 5.41) is 11.5. The van der Waals surface area contributed by atoms with Crippen molar-refractivity contribution in [2.24, 2.45) is 5.41 Å². The first-order valence-electron chi connectivity index (χ1n) is 5.74. The van der Waals surface area contributed by atoms with E-state index in [2.05, 4.69) is 5.32 Å². The van der Waals surface area contributed by atoms with Crippen LogP contribution in [0.3, 0.4) is 0 Å². The predicted molar refractivity (Wildman–Crippen MR) is 62.2 cm³/mol. The van der Waals surface area contributed by atoms with Gasteiger partial charge >= 0.3 is 0 Å². The normalized spacial score (nSPS) is 15.6. The van der Waals surface area contributed by atoms with Gasteiger partial charge in [-0.05, 0) is 37.1 Å². The molecule has 1 aliphatic carbocycles. The Kier molecular flexibility index (Phi) is 3.47. The number of ether oxygens (including phenoxy) is 1. The molecule has 1 aromatic rings. The Morgan fingerprint density at radius 2 is 2.11 bits per heavy atom. The SMILES string of the molecule is N#CC1(C(=O)NCCOc2ccc(F)cc2)CC1. The lowest BCUT2D eigenvalue weighted by Gasteiger charge is -2.09. The maximum absolute atomic E-state index is 12.6. The Hall–Kier alpha value is -2.09. The van der Waals surface area contributed by atoms with Crippen molar-refractivity contribution >= 4 is 5.91 Å². The number of nitriles is 1. The molecule has 0 spiro atoms. The average molecular weight is 248 g/mol. The first kappa shape index (κ1) is 12.4. The smallest absolute Gasteiger partial charge is 0.240 e. The lowest BCUT2D eigenvalue weighted by Crippen LogP contribution is -2.34. The minimum absolute atomic E-state index is 0.229. The van der Waals surface area contributed by atoms with Crippen LogP contribution < -0.4 is 10.1 Å². The van der Waals surface area contributed by atoms with Crippen molar-refractivity contribution in [2.75, 3.05) is 13.2 Å². The Labute approximate surface area is 104 Å². The summed E-state index contributed by atoms with van der Waals surface area (Å²) in [4.78, 5) is 11.6. The topological polar surface area (TPSA) is 62.1 Å². The second-order valence-electron chi connectivity index (χ2n) is 4.25. The molecule has 94 valence electrons. The van der Waals surface area contributed by atoms with Crippen molar-refractivity contribution in [2.45, 2.75) is 12.8 Å². The van der Waals surface area contributed by atoms with E-state index in [4.69, 9.17) is 10.00 Å². The first-order valence-corrected chi connectivity index (χ1v) is 5.74. The van der Waals surface area contributed by atoms with Crippen molar-refractivity contribution in [3.63, 3.8) is 0 Å². The number of hydrogen-bond acceptors (Lipinski definition) is 3. The molecule has 5 heteroatoms. The van der Waals surface area contributed by atoms with Crippen LogP contribution in [-0.2, 0) is 4.79 Å². The molecule has 0 atom stereocenters. The van der Waals surface area contributed by atoms with Crippen LogP contribution >= 0.6 is 0 Å². The molecule has 0 saturated heterocycles. The van der Waals surface area contributed by atoms with E-state index in [9.17, 15) is 9.18 Å². The number of halogens is 1. The highest BCUT2D eigenvalue weighted by Crippen LogP contribution is 2.44. The van der Waals surface area contributed by atoms with Gasteiger partial charge in [0.2, 0.25) is 5.91 Å². The van der Waals surface area contributed by atoms with Gasteiger partial charge in [-0.3, -0.25) is 4.79 Å². The molecule has 0 unspecified atom stereocenters. The first-order chi connectivity index (χ1) is 8.66. The summed E-state index contributed by atoms with van der Waals surface area (Å²) >= 11 is 0. The minimum Gasteiger partial charge on any atom is -0.492 e. The number of amides is 1. The van der Waals surface area contributed by atoms with E-state index in [-0.39, 0.29) is 11.7 Å². The van der Waals surface area contributed by atoms with Gasteiger partial charge in [0.05, 0.1) is 12.6 Å². The Morgan fingerprint density at radius 3 is 2.67 bits per heavy atom. The Morgan fingerprint density at radius 1 is 1.44 bits per heavy atom. The van der Waals surface area contributed by atoms with E-state index >= 15 is 0 Å². The molecular formula is C13H13FN2O2. The highest BCUT2D eigenvalue weighted by Gasteiger charge is 2.50. The van der Waals surface area contributed by atoms with E-state index in [1.165, 1.54) is 24.3 Å². The number of hydrogen-bond donors (Lipinski definition) is 1. The van der Waals surface area contributed by atoms with Crippen LogP contribution in [0, 0.1) is 22.6 Å². The molecule has 0 radical (unpaired) electrons. The largest absolute Gasteiger partial charge is 0.492 e. The molecule has 1 N–H and O–H groups in total. The summed E-state index contributed by atoms with van der Waals surface area (Å²) < 4.78 is 17.9. The van der Waals surface area contributed by atoms with Gasteiger partial charge in [-0.25, -0.2) is 4.39 Å². The van der Waals surface area contributed by atoms with Gasteiger partial charge in [0.25, 0.3) is 0 Å². The maximum Gasteiger partial charge on any atom is 0.240 e. The van der Waals surface area contributed by atoms with Gasteiger partial charge in [-0.1, -0.05) is 0 Å². The van der Waals surface area contributed by atoms with Crippen molar-refractivity contribution < 1.29 is 13.9 Å². The van der Waals surface area contributed by atoms with Crippen LogP contribution in [0.4, 0.5) is 4.39 Å². The molecule has 2 rings (SSSR count). The van der Waals surface area contributed by atoms with Crippen LogP contribution in [0.5, 0.6) is 5.75 Å². The number of nitrogens with one attached hydrogen (secondary N) is 1. The summed E-state index contributed by atoms with van der Waals surface area (Å²) in [7, 11) is 0. The highest BCUT2D eigenvalue weighted by atomic mass is 19.1. The van der Waals surface area contributed by atoms with E-state index in [0.717, 1.165) is 0 Å². The predicted octanol–water partition coefficient (Wildman–Crippen LogP) is 1.62. The van der Waals surface area contributed by atoms with Crippen molar-refractivity contribution in [3.05, 3.63) is 30.1 Å². The van der Waals surface area contributed by atoms with E-state index in [0.29, 0.717) is 31.7 Å². The van der Waals surface area contributed by atoms with E-state index < -0.39 is 5.41 Å². The Bertz CT molecular complexity index is 475. The maximum atomic E-state index is 12.6. The molecular weight excluding hydrogens is 235 g/mol. The van der Waals surface area contributed by atoms with Gasteiger partial charge in [0.1, 0.15) is 23.6 Å². The number of carbonyl (C=O) groups excluding carboxylic acids is 1. The van der Waals surface area contributed by atoms with Crippen LogP contribution in [0.1, 0.15) is 12.8 Å². The molecule has 0 aromatic heterocycles. The Balaban J connectivity index is 1.69. The monoisotopic (exact) mass is 248 g/mol. The molecule has 0 bridgehead atoms. The van der Waals surface area contributed by atoms with Crippen LogP contribution in [0.15, 0.2) is 24.3 Å². The second-order valence-corrected chi connectivity index (χ2v) is 4.25. The van der Waals surface area contributed by atoms with Crippen molar-refractivity contribution in [3.8, 4) is 11.8 Å². The number of carbonyl (C=O) groups is 1. The molecule has 4 nitrogen and oxygen atoms in total. The molecule has 1 saturated carbocycles. The van der Waals surface area contributed by atoms with E-state index in [1.54, 1.807) is 0 Å². The standard InChI is InChI=1S/C13H13FN2O2/c14-10-1-3-11(4-2-10)18-8-7-16-12(17)13(9-15)5-6-13/h1-4H,5-8H2,(H,16,17). The average Bonchev–Trinajstić information content (AvgIpc) is 3.17. The van der Waals surface area contributed by atoms with Crippen LogP contribution in [0.25, 0.3) is 0 Å². The molecule has 18 heavy (non-hydrogen) atoms. The quantitative estimate of drug-likeness (QED) is 0.805. The number of nitrogens with zero attached hydrogens (tertiary/aromatic N) is 1. The summed E-state index contributed by atoms with van der Waals surface area (Å²) in [5.41, 5.74) is -0.796. The van der Waals surface area contributed by atoms with E-state index in [1.807, 2.05) is 6.07 Å². The fourth-order valence-electron chi connectivity index (χ4n) is 1.55. The third-order valence-corrected chi connectivity index (χ3v) is 2.87. The van der Waals surface area contributed by atoms with Crippen molar-refractivity contribution in [1.82, 2.24) is 5.32 Å². The summed E-state index contributed by atoms with van der Waals surface area (Å²) in [6.45, 7) is 0.624. The highest BCUT2D eigenvalue weighted by molar-refractivity contribution is 5.88.